The fourth-order valence-corrected chi connectivity index (χ4v) is 2.40. The van der Waals surface area contributed by atoms with E-state index in [1.165, 1.54) is 21.3 Å². The van der Waals surface area contributed by atoms with E-state index in [9.17, 15) is 4.79 Å². The van der Waals surface area contributed by atoms with Crippen LogP contribution >= 0.6 is 0 Å². The predicted molar refractivity (Wildman–Crippen MR) is 114 cm³/mol. The van der Waals surface area contributed by atoms with E-state index >= 15 is 0 Å². The molecule has 0 atom stereocenters. The van der Waals surface area contributed by atoms with Crippen molar-refractivity contribution < 1.29 is 24.1 Å². The molecule has 0 aliphatic heterocycles. The summed E-state index contributed by atoms with van der Waals surface area (Å²) in [6.07, 6.45) is 2.19. The number of carbonyl (C=O) groups excluding carboxylic acids is 1. The highest BCUT2D eigenvalue weighted by atomic mass is 16.6. The topological polar surface area (TPSA) is 115 Å². The van der Waals surface area contributed by atoms with Crippen LogP contribution in [0.15, 0.2) is 44.9 Å². The van der Waals surface area contributed by atoms with Gasteiger partial charge >= 0.3 is 0 Å². The first kappa shape index (κ1) is 22.9. The Bertz CT molecular complexity index is 859. The molecule has 10 nitrogen and oxygen atoms in total. The Hall–Kier alpha value is -3.43. The van der Waals surface area contributed by atoms with Crippen LogP contribution in [-0.4, -0.2) is 56.1 Å². The number of nitrogens with zero attached hydrogens (tertiary/aromatic N) is 4. The van der Waals surface area contributed by atoms with Gasteiger partial charge in [-0.25, -0.2) is 0 Å². The van der Waals surface area contributed by atoms with E-state index < -0.39 is 0 Å². The van der Waals surface area contributed by atoms with Gasteiger partial charge < -0.3 is 24.7 Å². The van der Waals surface area contributed by atoms with E-state index in [1.54, 1.807) is 26.0 Å². The third-order valence-corrected chi connectivity index (χ3v) is 4.05. The monoisotopic (exact) mass is 417 g/mol. The number of likely N-dealkylation sites (N-methyl/N-ethyl adjacent to an activating group) is 1. The van der Waals surface area contributed by atoms with E-state index in [0.717, 1.165) is 12.8 Å². The Morgan fingerprint density at radius 1 is 1.03 bits per heavy atom. The molecule has 1 aliphatic rings. The first-order chi connectivity index (χ1) is 14.5. The molecule has 0 bridgehead atoms. The van der Waals surface area contributed by atoms with Gasteiger partial charge in [-0.2, -0.15) is 0 Å². The number of hydrogen-bond acceptors (Lipinski definition) is 9. The summed E-state index contributed by atoms with van der Waals surface area (Å²) in [5.74, 6) is -0.374. The number of amides is 1. The van der Waals surface area contributed by atoms with Gasteiger partial charge in [0, 0.05) is 18.2 Å². The largest absolute Gasteiger partial charge is 0.399 e. The van der Waals surface area contributed by atoms with Gasteiger partial charge in [-0.05, 0) is 26.7 Å². The SMILES string of the molecule is CNC(=O)/C(=N/OC)c1ccccc1CO/N=C(C)/C(=N/OC)C(/C)=N/OC1CC1. The van der Waals surface area contributed by atoms with E-state index in [1.807, 2.05) is 12.1 Å². The number of rotatable bonds is 11. The van der Waals surface area contributed by atoms with Crippen LogP contribution in [-0.2, 0) is 30.8 Å². The Kier molecular flexibility index (Phi) is 8.79. The maximum Gasteiger partial charge on any atom is 0.273 e. The van der Waals surface area contributed by atoms with Crippen LogP contribution in [0, 0.1) is 0 Å². The highest BCUT2D eigenvalue weighted by Crippen LogP contribution is 2.23. The molecular weight excluding hydrogens is 390 g/mol. The Balaban J connectivity index is 2.15. The minimum Gasteiger partial charge on any atom is -0.399 e. The number of nitrogens with one attached hydrogen (secondary N) is 1. The molecule has 10 heteroatoms. The molecule has 0 unspecified atom stereocenters. The van der Waals surface area contributed by atoms with Crippen LogP contribution in [0.1, 0.15) is 37.8 Å². The van der Waals surface area contributed by atoms with Gasteiger partial charge in [0.25, 0.3) is 5.91 Å². The molecule has 30 heavy (non-hydrogen) atoms. The van der Waals surface area contributed by atoms with Crippen LogP contribution in [0.2, 0.25) is 0 Å². The smallest absolute Gasteiger partial charge is 0.273 e. The lowest BCUT2D eigenvalue weighted by Crippen LogP contribution is -2.29. The highest BCUT2D eigenvalue weighted by Gasteiger charge is 2.24. The molecule has 2 rings (SSSR count). The average molecular weight is 417 g/mol. The second-order valence-corrected chi connectivity index (χ2v) is 6.41. The van der Waals surface area contributed by atoms with Crippen LogP contribution in [0.5, 0.6) is 0 Å². The molecule has 0 saturated heterocycles. The molecule has 162 valence electrons. The highest BCUT2D eigenvalue weighted by molar-refractivity contribution is 6.67. The average Bonchev–Trinajstić information content (AvgIpc) is 3.58. The van der Waals surface area contributed by atoms with Crippen molar-refractivity contribution in [2.24, 2.45) is 20.6 Å². The first-order valence-electron chi connectivity index (χ1n) is 9.42. The molecule has 0 spiro atoms. The van der Waals surface area contributed by atoms with E-state index in [0.29, 0.717) is 28.3 Å². The molecule has 1 N–H and O–H groups in total. The molecule has 1 amide bonds. The summed E-state index contributed by atoms with van der Waals surface area (Å²) in [7, 11) is 4.34. The zero-order valence-corrected chi connectivity index (χ0v) is 17.8. The van der Waals surface area contributed by atoms with Crippen LogP contribution in [0.3, 0.4) is 0 Å². The fraction of sp³-hybridized carbons (Fsp3) is 0.450. The molecule has 0 heterocycles. The zero-order valence-electron chi connectivity index (χ0n) is 17.8. The van der Waals surface area contributed by atoms with Gasteiger partial charge in [0.2, 0.25) is 0 Å². The van der Waals surface area contributed by atoms with Gasteiger partial charge in [0.1, 0.15) is 38.4 Å². The van der Waals surface area contributed by atoms with Crippen molar-refractivity contribution in [2.45, 2.75) is 39.4 Å². The lowest BCUT2D eigenvalue weighted by molar-refractivity contribution is -0.114. The third kappa shape index (κ3) is 6.57. The van der Waals surface area contributed by atoms with Crippen molar-refractivity contribution in [1.29, 1.82) is 0 Å². The second kappa shape index (κ2) is 11.5. The molecular formula is C20H27N5O5. The summed E-state index contributed by atoms with van der Waals surface area (Å²) in [4.78, 5) is 32.7. The third-order valence-electron chi connectivity index (χ3n) is 4.05. The molecule has 0 radical (unpaired) electrons. The van der Waals surface area contributed by atoms with Gasteiger partial charge in [0.15, 0.2) is 11.4 Å². The van der Waals surface area contributed by atoms with E-state index in [2.05, 4.69) is 25.9 Å². The summed E-state index contributed by atoms with van der Waals surface area (Å²) in [5, 5.41) is 18.5. The summed E-state index contributed by atoms with van der Waals surface area (Å²) in [6.45, 7) is 3.58. The molecule has 0 aromatic heterocycles. The van der Waals surface area contributed by atoms with Crippen molar-refractivity contribution in [3.05, 3.63) is 35.4 Å². The number of hydrogen-bond donors (Lipinski definition) is 1. The van der Waals surface area contributed by atoms with Gasteiger partial charge in [0.05, 0.1) is 0 Å². The van der Waals surface area contributed by atoms with Crippen molar-refractivity contribution in [2.75, 3.05) is 21.3 Å². The standard InChI is InChI=1S/C20H27N5O5/c1-13(18(24-27-4)14(2)23-30-16-10-11-16)22-29-12-15-8-6-7-9-17(15)19(25-28-5)20(26)21-3/h6-9,16H,10-12H2,1-5H3,(H,21,26)/b22-13+,23-14+,24-18-,25-19+. The number of carbonyl (C=O) groups is 1. The molecule has 1 aromatic carbocycles. The van der Waals surface area contributed by atoms with Crippen molar-refractivity contribution in [3.63, 3.8) is 0 Å². The maximum absolute atomic E-state index is 12.1. The van der Waals surface area contributed by atoms with Crippen molar-refractivity contribution in [1.82, 2.24) is 5.32 Å². The predicted octanol–water partition coefficient (Wildman–Crippen LogP) is 2.23. The number of oxime groups is 4. The van der Waals surface area contributed by atoms with Crippen LogP contribution < -0.4 is 5.32 Å². The maximum atomic E-state index is 12.1. The minimum atomic E-state index is -0.374. The Morgan fingerprint density at radius 2 is 1.70 bits per heavy atom. The summed E-state index contributed by atoms with van der Waals surface area (Å²) in [5.41, 5.74) is 2.84. The molecule has 1 aromatic rings. The quantitative estimate of drug-likeness (QED) is 0.438. The lowest BCUT2D eigenvalue weighted by atomic mass is 10.0. The Morgan fingerprint density at radius 3 is 2.33 bits per heavy atom. The summed E-state index contributed by atoms with van der Waals surface area (Å²) in [6, 6.07) is 7.20. The van der Waals surface area contributed by atoms with E-state index in [-0.39, 0.29) is 24.3 Å². The summed E-state index contributed by atoms with van der Waals surface area (Å²) < 4.78 is 0. The first-order valence-corrected chi connectivity index (χ1v) is 9.42. The molecule has 1 saturated carbocycles. The zero-order chi connectivity index (χ0) is 21.9. The van der Waals surface area contributed by atoms with Crippen molar-refractivity contribution in [3.8, 4) is 0 Å². The van der Waals surface area contributed by atoms with E-state index in [4.69, 9.17) is 19.4 Å². The Labute approximate surface area is 175 Å². The second-order valence-electron chi connectivity index (χ2n) is 6.41. The van der Waals surface area contributed by atoms with Crippen LogP contribution in [0.25, 0.3) is 0 Å². The fourth-order valence-electron chi connectivity index (χ4n) is 2.40. The van der Waals surface area contributed by atoms with Gasteiger partial charge in [-0.15, -0.1) is 0 Å². The lowest BCUT2D eigenvalue weighted by Gasteiger charge is -2.10. The van der Waals surface area contributed by atoms with Gasteiger partial charge in [-0.3, -0.25) is 4.79 Å². The molecule has 1 aliphatic carbocycles. The van der Waals surface area contributed by atoms with Crippen molar-refractivity contribution >= 4 is 28.8 Å². The van der Waals surface area contributed by atoms with Crippen LogP contribution in [0.4, 0.5) is 0 Å². The molecule has 1 fully saturated rings. The minimum absolute atomic E-state index is 0.0995. The summed E-state index contributed by atoms with van der Waals surface area (Å²) >= 11 is 0. The number of benzene rings is 1. The normalized spacial score (nSPS) is 15.5. The van der Waals surface area contributed by atoms with Gasteiger partial charge in [-0.1, -0.05) is 44.9 Å².